The third-order valence-corrected chi connectivity index (χ3v) is 6.24. The number of aromatic nitrogens is 1. The van der Waals surface area contributed by atoms with Crippen LogP contribution in [0.25, 0.3) is 0 Å². The quantitative estimate of drug-likeness (QED) is 0.246. The topological polar surface area (TPSA) is 91.3 Å². The molecule has 0 saturated heterocycles. The maximum absolute atomic E-state index is 12.8. The van der Waals surface area contributed by atoms with Crippen molar-refractivity contribution in [1.29, 1.82) is 0 Å². The van der Waals surface area contributed by atoms with Gasteiger partial charge in [0.2, 0.25) is 0 Å². The molecule has 170 valence electrons. The van der Waals surface area contributed by atoms with Gasteiger partial charge < -0.3 is 15.7 Å². The van der Waals surface area contributed by atoms with Crippen LogP contribution in [0.5, 0.6) is 0 Å². The monoisotopic (exact) mass is 469 g/mol. The van der Waals surface area contributed by atoms with Gasteiger partial charge in [-0.1, -0.05) is 42.5 Å². The van der Waals surface area contributed by atoms with E-state index in [-0.39, 0.29) is 17.6 Å². The van der Waals surface area contributed by atoms with Crippen LogP contribution in [0.2, 0.25) is 0 Å². The van der Waals surface area contributed by atoms with Gasteiger partial charge in [-0.25, -0.2) is 4.98 Å². The Labute approximate surface area is 202 Å². The van der Waals surface area contributed by atoms with Gasteiger partial charge >= 0.3 is 5.97 Å². The molecular formula is C27H23N3O3S. The van der Waals surface area contributed by atoms with Crippen LogP contribution in [0.1, 0.15) is 27.6 Å². The predicted octanol–water partition coefficient (Wildman–Crippen LogP) is 6.39. The summed E-state index contributed by atoms with van der Waals surface area (Å²) in [5.41, 5.74) is 2.95. The number of benzene rings is 3. The van der Waals surface area contributed by atoms with E-state index >= 15 is 0 Å². The van der Waals surface area contributed by atoms with Crippen molar-refractivity contribution in [1.82, 2.24) is 4.98 Å². The Bertz CT molecular complexity index is 1250. The average Bonchev–Trinajstić information content (AvgIpc) is 2.85. The van der Waals surface area contributed by atoms with E-state index in [2.05, 4.69) is 15.6 Å². The third-order valence-electron chi connectivity index (χ3n) is 4.99. The van der Waals surface area contributed by atoms with Gasteiger partial charge in [-0.05, 0) is 60.2 Å². The van der Waals surface area contributed by atoms with Gasteiger partial charge in [0, 0.05) is 33.3 Å². The second kappa shape index (κ2) is 11.2. The van der Waals surface area contributed by atoms with Gasteiger partial charge in [0.25, 0.3) is 5.91 Å². The number of carboxylic acid groups (broad SMARTS) is 1. The van der Waals surface area contributed by atoms with Gasteiger partial charge in [-0.3, -0.25) is 9.59 Å². The van der Waals surface area contributed by atoms with Crippen molar-refractivity contribution in [3.8, 4) is 0 Å². The zero-order valence-corrected chi connectivity index (χ0v) is 19.0. The molecule has 0 fully saturated rings. The van der Waals surface area contributed by atoms with E-state index in [9.17, 15) is 14.7 Å². The van der Waals surface area contributed by atoms with Crippen LogP contribution in [0.15, 0.2) is 108 Å². The van der Waals surface area contributed by atoms with Gasteiger partial charge in [0.1, 0.15) is 5.82 Å². The van der Waals surface area contributed by atoms with Crippen molar-refractivity contribution in [3.05, 3.63) is 114 Å². The Morgan fingerprint density at radius 2 is 1.62 bits per heavy atom. The molecule has 6 nitrogen and oxygen atoms in total. The standard InChI is InChI=1S/C27H23N3O3S/c31-26(32)18-24(19-7-2-1-3-8-19)34-23-10-6-9-22(17-23)30-27(33)20-12-14-21(15-13-20)29-25-11-4-5-16-28-25/h1-17,24H,18H2,(H,28,29)(H,30,33)(H,31,32). The Morgan fingerprint density at radius 3 is 2.32 bits per heavy atom. The highest BCUT2D eigenvalue weighted by Crippen LogP contribution is 2.38. The molecule has 3 aromatic carbocycles. The van der Waals surface area contributed by atoms with E-state index in [0.717, 1.165) is 22.0 Å². The van der Waals surface area contributed by atoms with Crippen LogP contribution in [-0.4, -0.2) is 22.0 Å². The first-order valence-electron chi connectivity index (χ1n) is 10.7. The smallest absolute Gasteiger partial charge is 0.304 e. The molecule has 7 heteroatoms. The summed E-state index contributed by atoms with van der Waals surface area (Å²) in [7, 11) is 0. The summed E-state index contributed by atoms with van der Waals surface area (Å²) >= 11 is 1.46. The molecule has 1 aromatic heterocycles. The van der Waals surface area contributed by atoms with Crippen molar-refractivity contribution in [2.24, 2.45) is 0 Å². The minimum Gasteiger partial charge on any atom is -0.481 e. The Morgan fingerprint density at radius 1 is 0.853 bits per heavy atom. The average molecular weight is 470 g/mol. The van der Waals surface area contributed by atoms with Crippen molar-refractivity contribution in [3.63, 3.8) is 0 Å². The van der Waals surface area contributed by atoms with E-state index < -0.39 is 5.97 Å². The fourth-order valence-corrected chi connectivity index (χ4v) is 4.56. The summed E-state index contributed by atoms with van der Waals surface area (Å²) in [4.78, 5) is 29.3. The highest BCUT2D eigenvalue weighted by atomic mass is 32.2. The number of carbonyl (C=O) groups is 2. The maximum atomic E-state index is 12.8. The van der Waals surface area contributed by atoms with Crippen molar-refractivity contribution < 1.29 is 14.7 Å². The number of nitrogens with zero attached hydrogens (tertiary/aromatic N) is 1. The van der Waals surface area contributed by atoms with Crippen LogP contribution < -0.4 is 10.6 Å². The molecule has 0 aliphatic heterocycles. The van der Waals surface area contributed by atoms with E-state index in [0.29, 0.717) is 11.3 Å². The highest BCUT2D eigenvalue weighted by Gasteiger charge is 2.17. The lowest BCUT2D eigenvalue weighted by Gasteiger charge is -2.16. The minimum absolute atomic E-state index is 0.00412. The van der Waals surface area contributed by atoms with Crippen LogP contribution in [0.4, 0.5) is 17.2 Å². The Kier molecular flexibility index (Phi) is 7.57. The van der Waals surface area contributed by atoms with Gasteiger partial charge in [0.05, 0.1) is 6.42 Å². The lowest BCUT2D eigenvalue weighted by molar-refractivity contribution is -0.137. The molecule has 3 N–H and O–H groups in total. The highest BCUT2D eigenvalue weighted by molar-refractivity contribution is 7.99. The van der Waals surface area contributed by atoms with Crippen LogP contribution in [0.3, 0.4) is 0 Å². The molecule has 0 bridgehead atoms. The summed E-state index contributed by atoms with van der Waals surface area (Å²) in [5, 5.41) is 15.2. The second-order valence-corrected chi connectivity index (χ2v) is 8.79. The normalized spacial score (nSPS) is 11.4. The first-order chi connectivity index (χ1) is 16.6. The van der Waals surface area contributed by atoms with E-state index in [4.69, 9.17) is 0 Å². The number of amides is 1. The molecule has 1 amide bonds. The number of hydrogen-bond donors (Lipinski definition) is 3. The van der Waals surface area contributed by atoms with E-state index in [1.807, 2.05) is 84.9 Å². The molecule has 0 saturated carbocycles. The molecule has 1 atom stereocenters. The molecule has 0 aliphatic carbocycles. The number of rotatable bonds is 9. The number of anilines is 3. The molecule has 4 aromatic rings. The molecule has 1 unspecified atom stereocenters. The number of pyridine rings is 1. The van der Waals surface area contributed by atoms with Gasteiger partial charge in [-0.2, -0.15) is 0 Å². The molecule has 4 rings (SSSR count). The summed E-state index contributed by atoms with van der Waals surface area (Å²) in [6, 6.07) is 29.8. The summed E-state index contributed by atoms with van der Waals surface area (Å²) in [6.07, 6.45) is 1.71. The zero-order valence-electron chi connectivity index (χ0n) is 18.2. The number of carboxylic acids is 1. The third kappa shape index (κ3) is 6.46. The lowest BCUT2D eigenvalue weighted by Crippen LogP contribution is -2.11. The first-order valence-corrected chi connectivity index (χ1v) is 11.6. The summed E-state index contributed by atoms with van der Waals surface area (Å²) in [6.45, 7) is 0. The van der Waals surface area contributed by atoms with Crippen molar-refractivity contribution in [2.45, 2.75) is 16.6 Å². The van der Waals surface area contributed by atoms with Gasteiger partial charge in [-0.15, -0.1) is 11.8 Å². The summed E-state index contributed by atoms with van der Waals surface area (Å²) < 4.78 is 0. The number of nitrogens with one attached hydrogen (secondary N) is 2. The van der Waals surface area contributed by atoms with Crippen LogP contribution in [-0.2, 0) is 4.79 Å². The Hall–Kier alpha value is -4.10. The predicted molar refractivity (Wildman–Crippen MR) is 136 cm³/mol. The van der Waals surface area contributed by atoms with Crippen LogP contribution in [0, 0.1) is 0 Å². The molecular weight excluding hydrogens is 446 g/mol. The number of carbonyl (C=O) groups excluding carboxylic acids is 1. The minimum atomic E-state index is -0.855. The molecule has 34 heavy (non-hydrogen) atoms. The fourth-order valence-electron chi connectivity index (χ4n) is 3.36. The second-order valence-electron chi connectivity index (χ2n) is 7.51. The maximum Gasteiger partial charge on any atom is 0.304 e. The van der Waals surface area contributed by atoms with E-state index in [1.54, 1.807) is 18.3 Å². The molecule has 1 heterocycles. The molecule has 0 spiro atoms. The number of hydrogen-bond acceptors (Lipinski definition) is 5. The Balaban J connectivity index is 1.42. The number of aliphatic carboxylic acids is 1. The number of thioether (sulfide) groups is 1. The van der Waals surface area contributed by atoms with E-state index in [1.165, 1.54) is 11.8 Å². The van der Waals surface area contributed by atoms with Crippen LogP contribution >= 0.6 is 11.8 Å². The van der Waals surface area contributed by atoms with Crippen molar-refractivity contribution >= 4 is 40.8 Å². The zero-order chi connectivity index (χ0) is 23.8. The summed E-state index contributed by atoms with van der Waals surface area (Å²) in [5.74, 6) is -0.353. The van der Waals surface area contributed by atoms with Crippen molar-refractivity contribution in [2.75, 3.05) is 10.6 Å². The largest absolute Gasteiger partial charge is 0.481 e. The SMILES string of the molecule is O=C(O)CC(Sc1cccc(NC(=O)c2ccc(Nc3ccccn3)cc2)c1)c1ccccc1. The first kappa shape index (κ1) is 23.1. The fraction of sp³-hybridized carbons (Fsp3) is 0.0741. The molecule has 0 aliphatic rings. The molecule has 0 radical (unpaired) electrons. The van der Waals surface area contributed by atoms with Gasteiger partial charge in [0.15, 0.2) is 0 Å². The lowest BCUT2D eigenvalue weighted by atomic mass is 10.1.